The van der Waals surface area contributed by atoms with Gasteiger partial charge in [0.25, 0.3) is 0 Å². The summed E-state index contributed by atoms with van der Waals surface area (Å²) in [5.41, 5.74) is -3.79. The van der Waals surface area contributed by atoms with E-state index in [4.69, 9.17) is 39.6 Å². The van der Waals surface area contributed by atoms with E-state index in [1.807, 2.05) is 46.6 Å². The molecule has 13 nitrogen and oxygen atoms in total. The first-order valence-electron chi connectivity index (χ1n) is 19.1. The summed E-state index contributed by atoms with van der Waals surface area (Å²) in [6, 6.07) is -0.337. The number of methoxy groups -OCH3 is 1. The Labute approximate surface area is 310 Å². The van der Waals surface area contributed by atoms with Crippen LogP contribution < -0.4 is 0 Å². The molecule has 0 radical (unpaired) electrons. The third kappa shape index (κ3) is 8.53. The number of cyclic esters (lactones) is 1. The number of aliphatic hydroxyl groups excluding tert-OH is 3. The second kappa shape index (κ2) is 16.8. The van der Waals surface area contributed by atoms with Gasteiger partial charge < -0.3 is 53.6 Å². The second-order valence-electron chi connectivity index (χ2n) is 16.9. The molecule has 8 unspecified atom stereocenters. The Morgan fingerprint density at radius 1 is 1.08 bits per heavy atom. The quantitative estimate of drug-likeness (QED) is 0.191. The van der Waals surface area contributed by atoms with Gasteiger partial charge in [0, 0.05) is 31.4 Å². The number of fused-ring (bicyclic) bond motifs is 2. The van der Waals surface area contributed by atoms with Crippen molar-refractivity contribution in [2.75, 3.05) is 20.7 Å². The molecule has 2 bridgehead atoms. The van der Waals surface area contributed by atoms with Crippen LogP contribution in [0.25, 0.3) is 0 Å². The molecule has 4 fully saturated rings. The van der Waals surface area contributed by atoms with Crippen LogP contribution in [0.4, 0.5) is 0 Å². The monoisotopic (exact) mass is 741 g/mol. The van der Waals surface area contributed by atoms with Crippen molar-refractivity contribution in [1.29, 1.82) is 0 Å². The predicted octanol–water partition coefficient (Wildman–Crippen LogP) is 2.63. The van der Waals surface area contributed by atoms with Crippen LogP contribution in [-0.2, 0) is 38.0 Å². The van der Waals surface area contributed by atoms with Crippen molar-refractivity contribution >= 4 is 5.97 Å². The zero-order chi connectivity index (χ0) is 39.1. The lowest BCUT2D eigenvalue weighted by atomic mass is 9.76. The molecular formula is C39H67NO12. The van der Waals surface area contributed by atoms with Gasteiger partial charge in [-0.1, -0.05) is 33.6 Å². The van der Waals surface area contributed by atoms with Gasteiger partial charge in [-0.15, -0.1) is 6.42 Å². The van der Waals surface area contributed by atoms with Gasteiger partial charge in [0.15, 0.2) is 12.6 Å². The van der Waals surface area contributed by atoms with Crippen molar-refractivity contribution in [3.8, 4) is 12.3 Å². The molecule has 0 aromatic heterocycles. The molecule has 4 N–H and O–H groups in total. The average Bonchev–Trinajstić information content (AvgIpc) is 3.40. The van der Waals surface area contributed by atoms with E-state index >= 15 is 0 Å². The molecule has 0 amide bonds. The molecule has 0 spiro atoms. The summed E-state index contributed by atoms with van der Waals surface area (Å²) in [6.07, 6.45) is -2.26. The Morgan fingerprint density at radius 2 is 1.73 bits per heavy atom. The van der Waals surface area contributed by atoms with Gasteiger partial charge >= 0.3 is 5.97 Å². The Hall–Kier alpha value is -1.41. The summed E-state index contributed by atoms with van der Waals surface area (Å²) in [7, 11) is 3.39. The van der Waals surface area contributed by atoms with Crippen LogP contribution in [-0.4, -0.2) is 142 Å². The highest BCUT2D eigenvalue weighted by molar-refractivity contribution is 5.73. The van der Waals surface area contributed by atoms with Crippen molar-refractivity contribution in [3.63, 3.8) is 0 Å². The standard InChI is InChI=1S/C39H67NO12/c1-14-16-40(12)26-17-21(4)47-36(29(26)42)51-33-23(6)31(49-28-19-37(9,46-13)32(43)25(8)48-28)24(7)35(44)50-34(39(11,45)27(41)15-2)22(5)30-20(3)18-38(33,10)52-30/h1,20-34,36,41-43,45H,15-19H2,2-13H3/t20?,21?,22-,23-,24+,25?,26?,27+,28-,29?,30?,31-,32-,33+,34+,36-,37?,38?,39+/m0/s1. The van der Waals surface area contributed by atoms with Gasteiger partial charge in [0.05, 0.1) is 60.3 Å². The molecule has 0 aromatic rings. The van der Waals surface area contributed by atoms with Crippen molar-refractivity contribution in [2.45, 2.75) is 185 Å². The molecule has 0 aromatic carbocycles. The van der Waals surface area contributed by atoms with Crippen LogP contribution in [0.15, 0.2) is 0 Å². The molecule has 4 saturated heterocycles. The van der Waals surface area contributed by atoms with Gasteiger partial charge in [0.2, 0.25) is 0 Å². The summed E-state index contributed by atoms with van der Waals surface area (Å²) in [6.45, 7) is 18.5. The molecule has 0 saturated carbocycles. The molecule has 4 heterocycles. The fourth-order valence-corrected chi connectivity index (χ4v) is 9.39. The molecule has 13 heteroatoms. The molecule has 19 atom stereocenters. The highest BCUT2D eigenvalue weighted by Crippen LogP contribution is 2.48. The predicted molar refractivity (Wildman–Crippen MR) is 192 cm³/mol. The first-order valence-corrected chi connectivity index (χ1v) is 19.1. The summed E-state index contributed by atoms with van der Waals surface area (Å²) in [5, 5.41) is 45.5. The highest BCUT2D eigenvalue weighted by atomic mass is 16.7. The SMILES string of the molecule is C#CCN(C)C1CC(C)O[C@@H](O[C@@H]2[C@@H](C)[C@H](O[C@H]3CC(C)(OC)[C@@H](O)C(C)O3)[C@@H](C)C(=O)O[C@@H]([C@](C)(O)[C@H](O)CC)[C@@H](C)C3OC2(C)CC3C)C1O. The van der Waals surface area contributed by atoms with Crippen molar-refractivity contribution in [2.24, 2.45) is 23.7 Å². The number of likely N-dealkylation sites (N-methyl/N-ethyl adjacent to an activating group) is 1. The number of nitrogens with zero attached hydrogens (tertiary/aromatic N) is 1. The van der Waals surface area contributed by atoms with Crippen LogP contribution in [0.5, 0.6) is 0 Å². The number of aliphatic hydroxyl groups is 4. The van der Waals surface area contributed by atoms with E-state index in [1.54, 1.807) is 27.7 Å². The zero-order valence-electron chi connectivity index (χ0n) is 33.4. The lowest BCUT2D eigenvalue weighted by molar-refractivity contribution is -0.318. The van der Waals surface area contributed by atoms with Crippen molar-refractivity contribution in [1.82, 2.24) is 4.90 Å². The number of carbonyl (C=O) groups excluding carboxylic acids is 1. The molecule has 0 aliphatic carbocycles. The summed E-state index contributed by atoms with van der Waals surface area (Å²) in [4.78, 5) is 16.2. The fraction of sp³-hybridized carbons (Fsp3) is 0.923. The van der Waals surface area contributed by atoms with Crippen molar-refractivity contribution in [3.05, 3.63) is 0 Å². The van der Waals surface area contributed by atoms with E-state index in [9.17, 15) is 25.2 Å². The number of hydrogen-bond donors (Lipinski definition) is 4. The Balaban J connectivity index is 1.82. The maximum absolute atomic E-state index is 14.3. The molecular weight excluding hydrogens is 674 g/mol. The highest BCUT2D eigenvalue weighted by Gasteiger charge is 2.59. The zero-order valence-corrected chi connectivity index (χ0v) is 33.4. The second-order valence-corrected chi connectivity index (χ2v) is 16.9. The van der Waals surface area contributed by atoms with Crippen LogP contribution in [0, 0.1) is 36.0 Å². The van der Waals surface area contributed by atoms with Gasteiger partial charge in [-0.3, -0.25) is 9.69 Å². The fourth-order valence-electron chi connectivity index (χ4n) is 9.39. The van der Waals surface area contributed by atoms with E-state index in [-0.39, 0.29) is 30.9 Å². The van der Waals surface area contributed by atoms with Gasteiger partial charge in [-0.25, -0.2) is 0 Å². The number of hydrogen-bond acceptors (Lipinski definition) is 13. The number of rotatable bonds is 10. The summed E-state index contributed by atoms with van der Waals surface area (Å²) < 4.78 is 45.2. The van der Waals surface area contributed by atoms with E-state index < -0.39 is 102 Å². The van der Waals surface area contributed by atoms with Gasteiger partial charge in [0.1, 0.15) is 23.9 Å². The maximum atomic E-state index is 14.3. The normalized spacial score (nSPS) is 47.9. The third-order valence-corrected chi connectivity index (χ3v) is 12.6. The minimum absolute atomic E-state index is 0.0812. The molecule has 52 heavy (non-hydrogen) atoms. The van der Waals surface area contributed by atoms with E-state index in [0.29, 0.717) is 19.4 Å². The average molecular weight is 742 g/mol. The van der Waals surface area contributed by atoms with Crippen LogP contribution in [0.2, 0.25) is 0 Å². The topological polar surface area (TPSA) is 166 Å². The maximum Gasteiger partial charge on any atom is 0.311 e. The van der Waals surface area contributed by atoms with Crippen molar-refractivity contribution < 1.29 is 58.4 Å². The lowest BCUT2D eigenvalue weighted by Crippen LogP contribution is -2.60. The number of esters is 1. The van der Waals surface area contributed by atoms with E-state index in [2.05, 4.69) is 5.92 Å². The summed E-state index contributed by atoms with van der Waals surface area (Å²) in [5.74, 6) is -0.138. The Bertz CT molecular complexity index is 1250. The smallest absolute Gasteiger partial charge is 0.311 e. The van der Waals surface area contributed by atoms with Crippen LogP contribution in [0.3, 0.4) is 0 Å². The molecule has 300 valence electrons. The summed E-state index contributed by atoms with van der Waals surface area (Å²) >= 11 is 0. The third-order valence-electron chi connectivity index (χ3n) is 12.6. The van der Waals surface area contributed by atoms with Crippen LogP contribution in [0.1, 0.15) is 94.9 Å². The molecule has 4 aliphatic rings. The number of terminal acetylenes is 1. The van der Waals surface area contributed by atoms with E-state index in [0.717, 1.165) is 0 Å². The molecule has 4 rings (SSSR count). The largest absolute Gasteiger partial charge is 0.459 e. The first-order chi connectivity index (χ1) is 24.1. The van der Waals surface area contributed by atoms with E-state index in [1.165, 1.54) is 14.0 Å². The number of ether oxygens (including phenoxy) is 7. The Morgan fingerprint density at radius 3 is 2.33 bits per heavy atom. The molecule has 4 aliphatic heterocycles. The minimum Gasteiger partial charge on any atom is -0.459 e. The number of carbonyl (C=O) groups is 1. The van der Waals surface area contributed by atoms with Crippen LogP contribution >= 0.6 is 0 Å². The van der Waals surface area contributed by atoms with Gasteiger partial charge in [-0.05, 0) is 73.8 Å². The lowest BCUT2D eigenvalue weighted by Gasteiger charge is -2.48. The minimum atomic E-state index is -1.80. The van der Waals surface area contributed by atoms with Gasteiger partial charge in [-0.2, -0.15) is 0 Å². The Kier molecular flexibility index (Phi) is 14.0. The first kappa shape index (κ1) is 43.3.